The molecule has 0 unspecified atom stereocenters. The highest BCUT2D eigenvalue weighted by Crippen LogP contribution is 2.76. The van der Waals surface area contributed by atoms with Gasteiger partial charge in [-0.25, -0.2) is 9.59 Å². The predicted octanol–water partition coefficient (Wildman–Crippen LogP) is -0.682. The summed E-state index contributed by atoms with van der Waals surface area (Å²) in [5.74, 6) is -3.76. The zero-order valence-electron chi connectivity index (χ0n) is 45.4. The van der Waals surface area contributed by atoms with Gasteiger partial charge in [0.25, 0.3) is 0 Å². The summed E-state index contributed by atoms with van der Waals surface area (Å²) < 4.78 is 48.0. The van der Waals surface area contributed by atoms with E-state index in [4.69, 9.17) is 37.9 Å². The topological polar surface area (TPSA) is 368 Å². The number of ether oxygens (including phenoxy) is 8. The molecule has 23 heteroatoms. The molecule has 0 aromatic rings. The summed E-state index contributed by atoms with van der Waals surface area (Å²) in [6.07, 6.45) is -23.5. The minimum atomic E-state index is -2.11. The molecule has 4 saturated carbocycles. The molecule has 12 N–H and O–H groups in total. The Balaban J connectivity index is 1.11. The maximum Gasteiger partial charge on any atom is 0.335 e. The second-order valence-electron chi connectivity index (χ2n) is 25.1. The number of aliphatic hydroxyl groups is 11. The summed E-state index contributed by atoms with van der Waals surface area (Å²) in [6, 6.07) is 0. The molecule has 23 nitrogen and oxygen atoms in total. The third-order valence-electron chi connectivity index (χ3n) is 20.7. The molecule has 0 spiro atoms. The van der Waals surface area contributed by atoms with Gasteiger partial charge in [0.15, 0.2) is 25.0 Å². The van der Waals surface area contributed by atoms with Crippen molar-refractivity contribution in [3.63, 3.8) is 0 Å². The van der Waals surface area contributed by atoms with E-state index >= 15 is 0 Å². The summed E-state index contributed by atoms with van der Waals surface area (Å²) in [6.45, 7) is 14.6. The first-order valence-electron chi connectivity index (χ1n) is 27.1. The minimum Gasteiger partial charge on any atom is -0.479 e. The lowest BCUT2D eigenvalue weighted by molar-refractivity contribution is -0.387. The summed E-state index contributed by atoms with van der Waals surface area (Å²) in [7, 11) is 0. The van der Waals surface area contributed by atoms with Crippen LogP contribution < -0.4 is 0 Å². The zero-order chi connectivity index (χ0) is 56.9. The number of fused-ring (bicyclic) bond motifs is 7. The molecule has 0 aromatic carbocycles. The number of carboxylic acids is 1. The van der Waals surface area contributed by atoms with Crippen molar-refractivity contribution >= 4 is 17.9 Å². The zero-order valence-corrected chi connectivity index (χ0v) is 45.4. The Kier molecular flexibility index (Phi) is 17.1. The van der Waals surface area contributed by atoms with Gasteiger partial charge in [0.1, 0.15) is 73.2 Å². The Morgan fingerprint density at radius 1 is 0.714 bits per heavy atom. The Morgan fingerprint density at radius 2 is 1.38 bits per heavy atom. The Morgan fingerprint density at radius 3 is 1.99 bits per heavy atom. The lowest BCUT2D eigenvalue weighted by atomic mass is 9.33. The summed E-state index contributed by atoms with van der Waals surface area (Å²) in [4.78, 5) is 39.4. The first kappa shape index (κ1) is 60.3. The maximum absolute atomic E-state index is 13.4. The van der Waals surface area contributed by atoms with Gasteiger partial charge < -0.3 is 99.2 Å². The molecule has 8 aliphatic rings. The number of carbonyl (C=O) groups excluding carboxylic acids is 2. The van der Waals surface area contributed by atoms with Gasteiger partial charge in [-0.3, -0.25) is 4.79 Å². The fraction of sp³-hybridized carbons (Fsp3) is 0.870. The van der Waals surface area contributed by atoms with Gasteiger partial charge in [-0.2, -0.15) is 0 Å². The van der Waals surface area contributed by atoms with Crippen molar-refractivity contribution in [2.45, 2.75) is 218 Å². The van der Waals surface area contributed by atoms with E-state index in [2.05, 4.69) is 26.8 Å². The van der Waals surface area contributed by atoms with Crippen LogP contribution >= 0.6 is 0 Å². The van der Waals surface area contributed by atoms with Crippen molar-refractivity contribution in [1.82, 2.24) is 0 Å². The average molecular weight is 1100 g/mol. The molecular weight excluding hydrogens is 1020 g/mol. The quantitative estimate of drug-likeness (QED) is 0.0470. The molecular formula is C54H84O23. The van der Waals surface area contributed by atoms with E-state index in [1.165, 1.54) is 6.92 Å². The van der Waals surface area contributed by atoms with Crippen LogP contribution in [0.25, 0.3) is 0 Å². The van der Waals surface area contributed by atoms with E-state index in [1.54, 1.807) is 19.9 Å². The van der Waals surface area contributed by atoms with Crippen molar-refractivity contribution in [2.75, 3.05) is 26.4 Å². The van der Waals surface area contributed by atoms with Crippen LogP contribution in [0.2, 0.25) is 0 Å². The molecule has 77 heavy (non-hydrogen) atoms. The van der Waals surface area contributed by atoms with Gasteiger partial charge in [0.2, 0.25) is 0 Å². The highest BCUT2D eigenvalue weighted by molar-refractivity contribution is 5.87. The van der Waals surface area contributed by atoms with E-state index in [-0.39, 0.29) is 24.7 Å². The molecule has 0 aromatic heterocycles. The first-order chi connectivity index (χ1) is 36.0. The lowest BCUT2D eigenvalue weighted by Gasteiger charge is -2.72. The largest absolute Gasteiger partial charge is 0.479 e. The van der Waals surface area contributed by atoms with Crippen LogP contribution in [0.3, 0.4) is 0 Å². The summed E-state index contributed by atoms with van der Waals surface area (Å²) in [5.41, 5.74) is -3.63. The first-order valence-corrected chi connectivity index (χ1v) is 27.1. The Bertz CT molecular complexity index is 2240. The molecule has 0 radical (unpaired) electrons. The smallest absolute Gasteiger partial charge is 0.335 e. The second kappa shape index (κ2) is 21.8. The van der Waals surface area contributed by atoms with Gasteiger partial charge in [0.05, 0.1) is 44.1 Å². The highest BCUT2D eigenvalue weighted by Gasteiger charge is 2.74. The number of esters is 2. The number of aliphatic carboxylic acids is 1. The molecule has 3 saturated heterocycles. The van der Waals surface area contributed by atoms with Gasteiger partial charge in [-0.1, -0.05) is 59.3 Å². The SMILES string of the molecule is CC=C(C)C(=O)O[C@H]1[C@H](OC(C)=O)[C@]2(CO)[C@H](O)C[C@]3(C)C(=CC[C@@H]4[C@@]5(C)CC[C@H](O[C@@H]6O[C@H](C(=O)O)[C@@H](O[C@@H]7O[C@H](CO)[C@@H](O)[C@H](O)[C@H]7O)[C@H](O)[C@H]6O[C@@H]6OC[C@@H](O)[C@H](O)[C@H]6O)[C@@](C)(CO)[C@@H]5CC[C@]43C)[C@@H]2CC1(C)C. The number of aliphatic hydroxyl groups excluding tert-OH is 11. The van der Waals surface area contributed by atoms with Crippen molar-refractivity contribution in [1.29, 1.82) is 0 Å². The summed E-state index contributed by atoms with van der Waals surface area (Å²) in [5, 5.41) is 132. The molecule has 0 amide bonds. The molecule has 0 bridgehead atoms. The number of carboxylic acid groups (broad SMARTS) is 1. The van der Waals surface area contributed by atoms with Crippen molar-refractivity contribution in [3.8, 4) is 0 Å². The third-order valence-corrected chi connectivity index (χ3v) is 20.7. The fourth-order valence-electron chi connectivity index (χ4n) is 16.0. The number of hydrogen-bond acceptors (Lipinski definition) is 22. The van der Waals surface area contributed by atoms with Crippen LogP contribution in [0.15, 0.2) is 23.3 Å². The van der Waals surface area contributed by atoms with Crippen molar-refractivity contribution in [2.24, 2.45) is 50.2 Å². The van der Waals surface area contributed by atoms with Crippen molar-refractivity contribution < 1.29 is 114 Å². The van der Waals surface area contributed by atoms with Crippen LogP contribution in [-0.2, 0) is 52.3 Å². The molecule has 5 aliphatic carbocycles. The van der Waals surface area contributed by atoms with Crippen LogP contribution in [0.1, 0.15) is 107 Å². The molecule has 3 heterocycles. The second-order valence-corrected chi connectivity index (χ2v) is 25.1. The average Bonchev–Trinajstić information content (AvgIpc) is 3.56. The van der Waals surface area contributed by atoms with Gasteiger partial charge in [0, 0.05) is 23.3 Å². The Hall–Kier alpha value is -2.79. The normalized spacial score (nSPS) is 50.7. The Labute approximate surface area is 448 Å². The summed E-state index contributed by atoms with van der Waals surface area (Å²) >= 11 is 0. The van der Waals surface area contributed by atoms with Gasteiger partial charge in [-0.15, -0.1) is 0 Å². The standard InChI is InChI=1S/C54H84O23/c1-10-23(2)45(69)77-42-43(71-24(3)58)54(22-57)26(17-49(42,4)5)25-11-12-30-50(6)15-14-32(51(7,21-56)29(50)13-16-52(30,8)53(25,9)18-31(54)60)73-48-40(75-46-36(64)33(61)27(59)20-70-46)38(66)39(41(76-48)44(67)68)74-47-37(65)35(63)34(62)28(19-55)72-47/h10-11,26-43,46-48,55-57,59-66H,12-22H2,1-9H3,(H,67,68)/t26-,27+,28+,29+,30+,31+,32-,33-,34+,35-,36+,37+,38-,39-,40+,41-,42-,43-,46-,47-,48+,50-,51-,52+,53+,54-/m0/s1. The number of rotatable bonds is 13. The minimum absolute atomic E-state index is 0.0613. The molecule has 26 atom stereocenters. The molecule has 8 rings (SSSR count). The fourth-order valence-corrected chi connectivity index (χ4v) is 16.0. The van der Waals surface area contributed by atoms with Gasteiger partial charge >= 0.3 is 17.9 Å². The highest BCUT2D eigenvalue weighted by atomic mass is 16.8. The molecule has 7 fully saturated rings. The maximum atomic E-state index is 13.4. The number of carbonyl (C=O) groups is 3. The van der Waals surface area contributed by atoms with E-state index in [0.29, 0.717) is 37.7 Å². The van der Waals surface area contributed by atoms with E-state index in [1.807, 2.05) is 20.8 Å². The van der Waals surface area contributed by atoms with Crippen LogP contribution in [0.5, 0.6) is 0 Å². The van der Waals surface area contributed by atoms with E-state index in [0.717, 1.165) is 5.57 Å². The van der Waals surface area contributed by atoms with E-state index in [9.17, 15) is 75.7 Å². The van der Waals surface area contributed by atoms with Crippen molar-refractivity contribution in [3.05, 3.63) is 23.3 Å². The van der Waals surface area contributed by atoms with Crippen LogP contribution in [-0.4, -0.2) is 216 Å². The molecule has 438 valence electrons. The van der Waals surface area contributed by atoms with Gasteiger partial charge in [-0.05, 0) is 92.8 Å². The molecule has 3 aliphatic heterocycles. The monoisotopic (exact) mass is 1100 g/mol. The number of allylic oxidation sites excluding steroid dienone is 3. The lowest BCUT2D eigenvalue weighted by Crippen LogP contribution is -2.72. The van der Waals surface area contributed by atoms with Crippen LogP contribution in [0, 0.1) is 50.2 Å². The predicted molar refractivity (Wildman–Crippen MR) is 263 cm³/mol. The van der Waals surface area contributed by atoms with Crippen LogP contribution in [0.4, 0.5) is 0 Å². The third kappa shape index (κ3) is 9.64. The number of hydrogen-bond donors (Lipinski definition) is 12. The van der Waals surface area contributed by atoms with E-state index < -0.39 is 193 Å².